The molecule has 1 aliphatic heterocycles. The molecule has 2 aromatic rings. The van der Waals surface area contributed by atoms with Gasteiger partial charge in [-0.15, -0.1) is 0 Å². The highest BCUT2D eigenvalue weighted by Crippen LogP contribution is 2.48. The summed E-state index contributed by atoms with van der Waals surface area (Å²) in [6.07, 6.45) is -3.15. The Balaban J connectivity index is 2.31. The number of fused-ring (bicyclic) bond motifs is 1. The molecule has 5 atom stereocenters. The van der Waals surface area contributed by atoms with Gasteiger partial charge in [-0.2, -0.15) is 4.98 Å². The first-order chi connectivity index (χ1) is 13.2. The van der Waals surface area contributed by atoms with E-state index in [0.29, 0.717) is 11.0 Å². The Bertz CT molecular complexity index is 834. The lowest BCUT2D eigenvalue weighted by Gasteiger charge is -2.41. The number of halogens is 2. The van der Waals surface area contributed by atoms with Crippen molar-refractivity contribution in [3.63, 3.8) is 0 Å². The van der Waals surface area contributed by atoms with E-state index in [1.807, 2.05) is 0 Å². The lowest BCUT2D eigenvalue weighted by Crippen LogP contribution is -2.68. The van der Waals surface area contributed by atoms with Gasteiger partial charge in [-0.1, -0.05) is 23.7 Å². The molecule has 2 heterocycles. The second-order valence-electron chi connectivity index (χ2n) is 6.78. The molecular formula is C17H23Cl2N3O6. The van der Waals surface area contributed by atoms with E-state index < -0.39 is 29.4 Å². The normalized spacial score (nSPS) is 31.6. The van der Waals surface area contributed by atoms with Crippen LogP contribution in [0.5, 0.6) is 6.01 Å². The van der Waals surface area contributed by atoms with Crippen LogP contribution in [0.15, 0.2) is 24.3 Å². The summed E-state index contributed by atoms with van der Waals surface area (Å²) in [5, 5.41) is 35.0. The molecule has 0 spiro atoms. The Morgan fingerprint density at radius 3 is 2.64 bits per heavy atom. The van der Waals surface area contributed by atoms with Crippen molar-refractivity contribution in [3.8, 4) is 6.01 Å². The van der Waals surface area contributed by atoms with Gasteiger partial charge < -0.3 is 24.8 Å². The number of nitrogens with zero attached hydrogens (tertiary/aromatic N) is 2. The van der Waals surface area contributed by atoms with Crippen molar-refractivity contribution >= 4 is 34.5 Å². The van der Waals surface area contributed by atoms with Gasteiger partial charge in [0.05, 0.1) is 29.5 Å². The number of rotatable bonds is 7. The smallest absolute Gasteiger partial charge is 0.324 e. The zero-order valence-corrected chi connectivity index (χ0v) is 17.1. The average molecular weight is 436 g/mol. The maximum absolute atomic E-state index is 11.5. The van der Waals surface area contributed by atoms with Crippen molar-refractivity contribution in [1.82, 2.24) is 14.9 Å². The number of para-hydroxylation sites is 2. The van der Waals surface area contributed by atoms with E-state index in [1.54, 1.807) is 45.0 Å². The summed E-state index contributed by atoms with van der Waals surface area (Å²) >= 11 is 11.7. The van der Waals surface area contributed by atoms with Crippen LogP contribution in [0, 0.1) is 0 Å². The van der Waals surface area contributed by atoms with Crippen LogP contribution in [0.4, 0.5) is 0 Å². The molecule has 0 aliphatic carbocycles. The second-order valence-corrected chi connectivity index (χ2v) is 7.38. The van der Waals surface area contributed by atoms with Crippen LogP contribution in [-0.2, 0) is 14.9 Å². The van der Waals surface area contributed by atoms with Crippen molar-refractivity contribution in [2.45, 2.75) is 56.2 Å². The maximum atomic E-state index is 11.5. The van der Waals surface area contributed by atoms with Crippen LogP contribution in [0.25, 0.3) is 11.0 Å². The van der Waals surface area contributed by atoms with Crippen molar-refractivity contribution in [1.29, 1.82) is 0 Å². The third-order valence-corrected chi connectivity index (χ3v) is 4.96. The van der Waals surface area contributed by atoms with E-state index in [-0.39, 0.29) is 18.7 Å². The largest absolute Gasteiger partial charge is 0.465 e. The van der Waals surface area contributed by atoms with Crippen LogP contribution in [0.3, 0.4) is 0 Å². The molecule has 1 aromatic carbocycles. The lowest BCUT2D eigenvalue weighted by molar-refractivity contribution is -0.316. The highest BCUT2D eigenvalue weighted by Gasteiger charge is 2.71. The monoisotopic (exact) mass is 435 g/mol. The minimum atomic E-state index is -2.32. The van der Waals surface area contributed by atoms with Gasteiger partial charge in [0, 0.05) is 6.04 Å². The lowest BCUT2D eigenvalue weighted by atomic mass is 10.00. The van der Waals surface area contributed by atoms with Crippen molar-refractivity contribution in [2.24, 2.45) is 0 Å². The molecule has 11 heteroatoms. The van der Waals surface area contributed by atoms with Gasteiger partial charge in [0.2, 0.25) is 5.72 Å². The number of aromatic nitrogens is 2. The van der Waals surface area contributed by atoms with Gasteiger partial charge in [-0.05, 0) is 32.9 Å². The molecule has 1 fully saturated rings. The van der Waals surface area contributed by atoms with Crippen molar-refractivity contribution in [3.05, 3.63) is 24.3 Å². The quantitative estimate of drug-likeness (QED) is 0.378. The Hall–Kier alpha value is -1.17. The van der Waals surface area contributed by atoms with Gasteiger partial charge in [0.25, 0.3) is 0 Å². The standard InChI is InChI=1S/C17H23Cl2N3O6/c1-4-26-15-20-10-7-5-6-8-11(10)22(15)17(28-19)16(25,21-9(2)3)13(23)12(27-17)14(18)24/h5-9,12-14,21,23-25H,4H2,1-3H3/t12-,13+,14?,16-,17+/m1/s1. The van der Waals surface area contributed by atoms with Crippen LogP contribution < -0.4 is 10.1 Å². The second kappa shape index (κ2) is 7.92. The number of alkyl halides is 1. The predicted molar refractivity (Wildman–Crippen MR) is 102 cm³/mol. The van der Waals surface area contributed by atoms with Crippen LogP contribution in [0.2, 0.25) is 0 Å². The summed E-state index contributed by atoms with van der Waals surface area (Å²) < 4.78 is 17.8. The Morgan fingerprint density at radius 1 is 1.39 bits per heavy atom. The third kappa shape index (κ3) is 3.16. The van der Waals surface area contributed by atoms with E-state index in [0.717, 1.165) is 0 Å². The first-order valence-electron chi connectivity index (χ1n) is 8.80. The highest BCUT2D eigenvalue weighted by atomic mass is 35.5. The van der Waals surface area contributed by atoms with Gasteiger partial charge in [-0.25, -0.2) is 8.86 Å². The molecule has 156 valence electrons. The third-order valence-electron chi connectivity index (χ3n) is 4.50. The predicted octanol–water partition coefficient (Wildman–Crippen LogP) is 1.22. The van der Waals surface area contributed by atoms with E-state index in [9.17, 15) is 15.3 Å². The summed E-state index contributed by atoms with van der Waals surface area (Å²) in [6.45, 7) is 5.49. The van der Waals surface area contributed by atoms with Gasteiger partial charge in [0.1, 0.15) is 12.2 Å². The van der Waals surface area contributed by atoms with Gasteiger partial charge >= 0.3 is 11.9 Å². The van der Waals surface area contributed by atoms with Crippen LogP contribution >= 0.6 is 23.5 Å². The van der Waals surface area contributed by atoms with Crippen molar-refractivity contribution < 1.29 is 29.1 Å². The van der Waals surface area contributed by atoms with E-state index in [4.69, 9.17) is 37.2 Å². The molecule has 1 saturated heterocycles. The SMILES string of the molecule is CCOc1nc2ccccc2n1[C@]1(OCl)O[C@@H](C(O)Cl)[C@H](O)[C@]1(O)NC(C)C. The Kier molecular flexibility index (Phi) is 6.09. The summed E-state index contributed by atoms with van der Waals surface area (Å²) in [5.74, 6) is -2.26. The first kappa shape index (κ1) is 21.5. The number of hydrogen-bond acceptors (Lipinski definition) is 8. The zero-order valence-electron chi connectivity index (χ0n) is 15.5. The summed E-state index contributed by atoms with van der Waals surface area (Å²) in [4.78, 5) is 4.39. The summed E-state index contributed by atoms with van der Waals surface area (Å²) in [7, 11) is 0. The zero-order chi connectivity index (χ0) is 20.7. The molecular weight excluding hydrogens is 413 g/mol. The number of ether oxygens (including phenoxy) is 2. The fourth-order valence-corrected chi connectivity index (χ4v) is 3.85. The maximum Gasteiger partial charge on any atom is 0.324 e. The highest BCUT2D eigenvalue weighted by molar-refractivity contribution is 6.20. The number of benzene rings is 1. The van der Waals surface area contributed by atoms with Crippen LogP contribution in [-0.4, -0.2) is 61.0 Å². The van der Waals surface area contributed by atoms with E-state index in [2.05, 4.69) is 10.3 Å². The average Bonchev–Trinajstić information content (AvgIpc) is 3.09. The van der Waals surface area contributed by atoms with Gasteiger partial charge in [0.15, 0.2) is 5.56 Å². The molecule has 28 heavy (non-hydrogen) atoms. The topological polar surface area (TPSA) is 118 Å². The van der Waals surface area contributed by atoms with E-state index >= 15 is 0 Å². The molecule has 0 saturated carbocycles. The number of aliphatic hydroxyl groups is 3. The summed E-state index contributed by atoms with van der Waals surface area (Å²) in [5.41, 5.74) is -3.01. The Morgan fingerprint density at radius 2 is 2.07 bits per heavy atom. The van der Waals surface area contributed by atoms with Crippen LogP contribution in [0.1, 0.15) is 20.8 Å². The molecule has 4 N–H and O–H groups in total. The number of nitrogens with one attached hydrogen (secondary N) is 1. The van der Waals surface area contributed by atoms with Crippen molar-refractivity contribution in [2.75, 3.05) is 6.61 Å². The minimum Gasteiger partial charge on any atom is -0.465 e. The first-order valence-corrected chi connectivity index (χ1v) is 9.55. The summed E-state index contributed by atoms with van der Waals surface area (Å²) in [6, 6.07) is 6.63. The minimum absolute atomic E-state index is 0.0326. The number of imidazole rings is 1. The molecule has 0 bridgehead atoms. The molecule has 1 aromatic heterocycles. The molecule has 0 amide bonds. The Labute approximate surface area is 171 Å². The van der Waals surface area contributed by atoms with Gasteiger partial charge in [-0.3, -0.25) is 5.32 Å². The fraction of sp³-hybridized carbons (Fsp3) is 0.588. The molecule has 1 aliphatic rings. The molecule has 0 radical (unpaired) electrons. The molecule has 3 rings (SSSR count). The fourth-order valence-electron chi connectivity index (χ4n) is 3.44. The number of hydrogen-bond donors (Lipinski definition) is 4. The molecule has 1 unspecified atom stereocenters. The van der Waals surface area contributed by atoms with E-state index in [1.165, 1.54) is 4.57 Å². The number of aliphatic hydroxyl groups excluding tert-OH is 2. The molecule has 9 nitrogen and oxygen atoms in total.